The van der Waals surface area contributed by atoms with Gasteiger partial charge < -0.3 is 5.73 Å². The van der Waals surface area contributed by atoms with Gasteiger partial charge in [-0.05, 0) is 24.6 Å². The molecule has 5 nitrogen and oxygen atoms in total. The molecule has 22 heavy (non-hydrogen) atoms. The molecule has 0 radical (unpaired) electrons. The van der Waals surface area contributed by atoms with Gasteiger partial charge in [0.2, 0.25) is 0 Å². The highest BCUT2D eigenvalue weighted by Crippen LogP contribution is 2.35. The van der Waals surface area contributed by atoms with E-state index < -0.39 is 17.8 Å². The van der Waals surface area contributed by atoms with Gasteiger partial charge in [-0.15, -0.1) is 11.3 Å². The number of primary amides is 1. The number of rotatable bonds is 4. The fraction of sp³-hybridized carbons (Fsp3) is 0.286. The molecule has 0 saturated carbocycles. The summed E-state index contributed by atoms with van der Waals surface area (Å²) < 4.78 is 13.8. The smallest absolute Gasteiger partial charge is 0.333 e. The van der Waals surface area contributed by atoms with E-state index in [-0.39, 0.29) is 9.90 Å². The molecule has 0 aliphatic rings. The molecule has 3 amide bonds. The van der Waals surface area contributed by atoms with Gasteiger partial charge in [-0.25, -0.2) is 14.2 Å². The lowest BCUT2D eigenvalue weighted by Gasteiger charge is -2.20. The Morgan fingerprint density at radius 1 is 1.45 bits per heavy atom. The van der Waals surface area contributed by atoms with Crippen LogP contribution in [-0.2, 0) is 0 Å². The van der Waals surface area contributed by atoms with Crippen LogP contribution in [0.25, 0.3) is 10.1 Å². The molecule has 1 heterocycles. The van der Waals surface area contributed by atoms with Crippen molar-refractivity contribution in [2.45, 2.75) is 19.8 Å². The van der Waals surface area contributed by atoms with Crippen molar-refractivity contribution in [3.63, 3.8) is 0 Å². The fourth-order valence-electron chi connectivity index (χ4n) is 1.90. The molecule has 0 atom stereocenters. The molecular formula is C14H15ClFN3O2S. The Bertz CT molecular complexity index is 719. The third-order valence-electron chi connectivity index (χ3n) is 3.04. The van der Waals surface area contributed by atoms with E-state index in [1.165, 1.54) is 18.2 Å². The summed E-state index contributed by atoms with van der Waals surface area (Å²) in [6.07, 6.45) is 1.55. The lowest BCUT2D eigenvalue weighted by molar-refractivity contribution is 0.0836. The van der Waals surface area contributed by atoms with Crippen LogP contribution in [-0.4, -0.2) is 23.5 Å². The van der Waals surface area contributed by atoms with Gasteiger partial charge in [0.15, 0.2) is 0 Å². The van der Waals surface area contributed by atoms with Crippen molar-refractivity contribution in [1.29, 1.82) is 0 Å². The van der Waals surface area contributed by atoms with Gasteiger partial charge in [0.05, 0.1) is 5.02 Å². The van der Waals surface area contributed by atoms with Crippen LogP contribution in [0.2, 0.25) is 5.02 Å². The average Bonchev–Trinajstić information content (AvgIpc) is 2.79. The van der Waals surface area contributed by atoms with Gasteiger partial charge in [0.1, 0.15) is 10.7 Å². The van der Waals surface area contributed by atoms with Crippen molar-refractivity contribution >= 4 is 45.0 Å². The van der Waals surface area contributed by atoms with Crippen molar-refractivity contribution in [1.82, 2.24) is 10.4 Å². The number of thiophene rings is 1. The molecule has 3 N–H and O–H groups in total. The number of nitrogens with one attached hydrogen (secondary N) is 1. The van der Waals surface area contributed by atoms with Crippen molar-refractivity contribution in [2.24, 2.45) is 5.73 Å². The van der Waals surface area contributed by atoms with Crippen molar-refractivity contribution in [3.05, 3.63) is 33.9 Å². The molecule has 0 aliphatic heterocycles. The van der Waals surface area contributed by atoms with E-state index in [4.69, 9.17) is 17.3 Å². The Hall–Kier alpha value is -1.86. The maximum absolute atomic E-state index is 13.2. The maximum atomic E-state index is 13.2. The number of hydrazine groups is 1. The average molecular weight is 344 g/mol. The summed E-state index contributed by atoms with van der Waals surface area (Å²) in [5.74, 6) is -0.944. The summed E-state index contributed by atoms with van der Waals surface area (Å²) in [4.78, 5) is 23.8. The zero-order chi connectivity index (χ0) is 16.3. The number of nitrogens with two attached hydrogens (primary N) is 1. The summed E-state index contributed by atoms with van der Waals surface area (Å²) in [6, 6.07) is 3.36. The van der Waals surface area contributed by atoms with Crippen LogP contribution in [0.1, 0.15) is 29.4 Å². The number of hydrogen-bond donors (Lipinski definition) is 2. The second-order valence-corrected chi connectivity index (χ2v) is 6.10. The van der Waals surface area contributed by atoms with Crippen LogP contribution >= 0.6 is 22.9 Å². The van der Waals surface area contributed by atoms with Gasteiger partial charge in [0.25, 0.3) is 5.91 Å². The first-order valence-corrected chi connectivity index (χ1v) is 7.89. The number of benzene rings is 1. The molecule has 1 aromatic heterocycles. The number of amides is 3. The Balaban J connectivity index is 2.25. The Morgan fingerprint density at radius 2 is 2.18 bits per heavy atom. The molecular weight excluding hydrogens is 329 g/mol. The second-order valence-electron chi connectivity index (χ2n) is 4.67. The SMILES string of the molecule is CCCCN(NC(=O)c1sc2cc(F)ccc2c1Cl)C(N)=O. The first-order valence-electron chi connectivity index (χ1n) is 6.69. The van der Waals surface area contributed by atoms with Crippen molar-refractivity contribution in [2.75, 3.05) is 6.54 Å². The summed E-state index contributed by atoms with van der Waals surface area (Å²) in [7, 11) is 0. The lowest BCUT2D eigenvalue weighted by Crippen LogP contribution is -2.49. The standard InChI is InChI=1S/C14H15ClFN3O2S/c1-2-3-6-19(14(17)21)18-13(20)12-11(15)9-5-4-8(16)7-10(9)22-12/h4-5,7H,2-3,6H2,1H3,(H2,17,21)(H,18,20). The van der Waals surface area contributed by atoms with E-state index >= 15 is 0 Å². The molecule has 0 saturated heterocycles. The molecule has 8 heteroatoms. The quantitative estimate of drug-likeness (QED) is 0.833. The van der Waals surface area contributed by atoms with E-state index in [1.807, 2.05) is 6.92 Å². The molecule has 0 spiro atoms. The van der Waals surface area contributed by atoms with Crippen LogP contribution in [0.3, 0.4) is 0 Å². The fourth-order valence-corrected chi connectivity index (χ4v) is 3.33. The third-order valence-corrected chi connectivity index (χ3v) is 4.69. The summed E-state index contributed by atoms with van der Waals surface area (Å²) in [6.45, 7) is 2.27. The molecule has 2 rings (SSSR count). The number of urea groups is 1. The Labute approximate surface area is 135 Å². The van der Waals surface area contributed by atoms with Crippen LogP contribution in [0.15, 0.2) is 18.2 Å². The zero-order valence-corrected chi connectivity index (χ0v) is 13.4. The highest BCUT2D eigenvalue weighted by Gasteiger charge is 2.20. The second kappa shape index (κ2) is 6.93. The first-order chi connectivity index (χ1) is 10.4. The molecule has 1 aromatic carbocycles. The highest BCUT2D eigenvalue weighted by atomic mass is 35.5. The predicted molar refractivity (Wildman–Crippen MR) is 85.5 cm³/mol. The largest absolute Gasteiger partial charge is 0.350 e. The number of hydrogen-bond acceptors (Lipinski definition) is 3. The van der Waals surface area contributed by atoms with Crippen molar-refractivity contribution < 1.29 is 14.0 Å². The van der Waals surface area contributed by atoms with Crippen LogP contribution in [0, 0.1) is 5.82 Å². The Kier molecular flexibility index (Phi) is 5.20. The summed E-state index contributed by atoms with van der Waals surface area (Å²) in [5, 5.41) is 1.88. The maximum Gasteiger partial charge on any atom is 0.333 e. The lowest BCUT2D eigenvalue weighted by atomic mass is 10.2. The number of carbonyl (C=O) groups excluding carboxylic acids is 2. The molecule has 0 fully saturated rings. The predicted octanol–water partition coefficient (Wildman–Crippen LogP) is 3.52. The van der Waals surface area contributed by atoms with Gasteiger partial charge in [-0.3, -0.25) is 10.2 Å². The van der Waals surface area contributed by atoms with E-state index in [1.54, 1.807) is 0 Å². The molecule has 0 bridgehead atoms. The number of carbonyl (C=O) groups is 2. The highest BCUT2D eigenvalue weighted by molar-refractivity contribution is 7.21. The minimum Gasteiger partial charge on any atom is -0.350 e. The van der Waals surface area contributed by atoms with Crippen LogP contribution in [0.5, 0.6) is 0 Å². The van der Waals surface area contributed by atoms with E-state index in [0.717, 1.165) is 22.8 Å². The van der Waals surface area contributed by atoms with E-state index in [0.29, 0.717) is 23.1 Å². The van der Waals surface area contributed by atoms with Gasteiger partial charge in [-0.1, -0.05) is 24.9 Å². The number of halogens is 2. The van der Waals surface area contributed by atoms with Gasteiger partial charge >= 0.3 is 6.03 Å². The zero-order valence-electron chi connectivity index (χ0n) is 11.9. The van der Waals surface area contributed by atoms with Crippen LogP contribution < -0.4 is 11.2 Å². The van der Waals surface area contributed by atoms with Crippen molar-refractivity contribution in [3.8, 4) is 0 Å². The monoisotopic (exact) mass is 343 g/mol. The minimum atomic E-state index is -0.745. The molecule has 2 aromatic rings. The normalized spacial score (nSPS) is 10.7. The number of fused-ring (bicyclic) bond motifs is 1. The van der Waals surface area contributed by atoms with Gasteiger partial charge in [-0.2, -0.15) is 0 Å². The third kappa shape index (κ3) is 3.48. The van der Waals surface area contributed by atoms with Gasteiger partial charge in [0, 0.05) is 16.6 Å². The molecule has 118 valence electrons. The summed E-state index contributed by atoms with van der Waals surface area (Å²) >= 11 is 7.23. The molecule has 0 unspecified atom stereocenters. The van der Waals surface area contributed by atoms with Crippen LogP contribution in [0.4, 0.5) is 9.18 Å². The topological polar surface area (TPSA) is 75.4 Å². The Morgan fingerprint density at radius 3 is 2.82 bits per heavy atom. The van der Waals surface area contributed by atoms with E-state index in [9.17, 15) is 14.0 Å². The first kappa shape index (κ1) is 16.5. The molecule has 0 aliphatic carbocycles. The number of unbranched alkanes of at least 4 members (excludes halogenated alkanes) is 1. The number of nitrogens with zero attached hydrogens (tertiary/aromatic N) is 1. The summed E-state index contributed by atoms with van der Waals surface area (Å²) in [5.41, 5.74) is 7.67. The van der Waals surface area contributed by atoms with E-state index in [2.05, 4.69) is 5.43 Å². The minimum absolute atomic E-state index is 0.213.